The molecule has 1 unspecified atom stereocenters. The van der Waals surface area contributed by atoms with E-state index in [9.17, 15) is 4.79 Å². The molecular weight excluding hydrogens is 264 g/mol. The van der Waals surface area contributed by atoms with E-state index in [4.69, 9.17) is 4.74 Å². The van der Waals surface area contributed by atoms with Gasteiger partial charge in [-0.2, -0.15) is 0 Å². The molecule has 0 saturated carbocycles. The van der Waals surface area contributed by atoms with Crippen molar-refractivity contribution in [3.63, 3.8) is 0 Å². The Labute approximate surface area is 124 Å². The molecule has 0 bridgehead atoms. The van der Waals surface area contributed by atoms with Gasteiger partial charge in [0, 0.05) is 5.41 Å². The average molecular weight is 282 g/mol. The van der Waals surface area contributed by atoms with Gasteiger partial charge in [-0.3, -0.25) is 0 Å². The summed E-state index contributed by atoms with van der Waals surface area (Å²) < 4.78 is 6.78. The predicted octanol–water partition coefficient (Wildman–Crippen LogP) is 3.31. The average Bonchev–Trinajstić information content (AvgIpc) is 2.94. The summed E-state index contributed by atoms with van der Waals surface area (Å²) in [6.45, 7) is 4.32. The molecule has 1 heterocycles. The van der Waals surface area contributed by atoms with E-state index >= 15 is 0 Å². The number of hydrogen-bond acceptors (Lipinski definition) is 3. The van der Waals surface area contributed by atoms with Crippen molar-refractivity contribution in [3.8, 4) is 0 Å². The second-order valence-electron chi connectivity index (χ2n) is 5.86. The number of imidazole rings is 1. The topological polar surface area (TPSA) is 44.1 Å². The van der Waals surface area contributed by atoms with Gasteiger partial charge in [0.05, 0.1) is 25.7 Å². The summed E-state index contributed by atoms with van der Waals surface area (Å²) >= 11 is 0. The van der Waals surface area contributed by atoms with E-state index in [1.807, 2.05) is 16.7 Å². The molecule has 1 aliphatic carbocycles. The smallest absolute Gasteiger partial charge is 0.356 e. The van der Waals surface area contributed by atoms with E-state index in [2.05, 4.69) is 43.1 Å². The number of ether oxygens (including phenoxy) is 1. The summed E-state index contributed by atoms with van der Waals surface area (Å²) in [7, 11) is 1.39. The van der Waals surface area contributed by atoms with Crippen molar-refractivity contribution >= 4 is 12.0 Å². The van der Waals surface area contributed by atoms with Gasteiger partial charge in [-0.1, -0.05) is 50.3 Å². The molecule has 0 radical (unpaired) electrons. The minimum Gasteiger partial charge on any atom is -0.464 e. The lowest BCUT2D eigenvalue weighted by Crippen LogP contribution is -2.31. The van der Waals surface area contributed by atoms with Gasteiger partial charge in [0.15, 0.2) is 0 Å². The molecule has 4 nitrogen and oxygen atoms in total. The zero-order valence-electron chi connectivity index (χ0n) is 12.4. The summed E-state index contributed by atoms with van der Waals surface area (Å²) in [6.07, 6.45) is 7.58. The second kappa shape index (κ2) is 4.88. The van der Waals surface area contributed by atoms with E-state index in [1.165, 1.54) is 18.2 Å². The fourth-order valence-electron chi connectivity index (χ4n) is 2.99. The lowest BCUT2D eigenvalue weighted by atomic mass is 9.74. The van der Waals surface area contributed by atoms with Gasteiger partial charge in [-0.05, 0) is 11.1 Å². The zero-order valence-corrected chi connectivity index (χ0v) is 12.4. The van der Waals surface area contributed by atoms with E-state index in [-0.39, 0.29) is 17.4 Å². The first-order valence-electron chi connectivity index (χ1n) is 6.93. The van der Waals surface area contributed by atoms with Crippen molar-refractivity contribution in [2.24, 2.45) is 5.41 Å². The van der Waals surface area contributed by atoms with Crippen molar-refractivity contribution in [1.29, 1.82) is 0 Å². The van der Waals surface area contributed by atoms with Crippen molar-refractivity contribution in [2.45, 2.75) is 19.9 Å². The molecule has 0 aliphatic heterocycles. The number of nitrogens with zero attached hydrogens (tertiary/aromatic N) is 2. The summed E-state index contributed by atoms with van der Waals surface area (Å²) in [5.41, 5.74) is 2.71. The highest BCUT2D eigenvalue weighted by Crippen LogP contribution is 2.44. The molecule has 0 N–H and O–H groups in total. The Bertz CT molecular complexity index is 713. The monoisotopic (exact) mass is 282 g/mol. The highest BCUT2D eigenvalue weighted by molar-refractivity contribution is 5.87. The molecule has 0 saturated heterocycles. The Morgan fingerprint density at radius 2 is 2.10 bits per heavy atom. The van der Waals surface area contributed by atoms with Gasteiger partial charge in [0.2, 0.25) is 0 Å². The van der Waals surface area contributed by atoms with Crippen LogP contribution in [0.2, 0.25) is 0 Å². The SMILES string of the molecule is COC(=O)c1cncn1C1c2ccccc2C=CC1(C)C. The first-order valence-corrected chi connectivity index (χ1v) is 6.93. The van der Waals surface area contributed by atoms with Crippen LogP contribution in [0.1, 0.15) is 41.5 Å². The summed E-state index contributed by atoms with van der Waals surface area (Å²) in [6, 6.07) is 8.24. The summed E-state index contributed by atoms with van der Waals surface area (Å²) in [5, 5.41) is 0. The predicted molar refractivity (Wildman–Crippen MR) is 81.0 cm³/mol. The Balaban J connectivity index is 2.18. The van der Waals surface area contributed by atoms with Crippen LogP contribution in [-0.4, -0.2) is 22.6 Å². The third-order valence-electron chi connectivity index (χ3n) is 4.03. The van der Waals surface area contributed by atoms with E-state index in [0.717, 1.165) is 0 Å². The third kappa shape index (κ3) is 2.17. The number of hydrogen-bond donors (Lipinski definition) is 0. The number of esters is 1. The number of aromatic nitrogens is 2. The van der Waals surface area contributed by atoms with Crippen molar-refractivity contribution in [3.05, 3.63) is 59.7 Å². The Morgan fingerprint density at radius 1 is 1.33 bits per heavy atom. The molecule has 0 amide bonds. The van der Waals surface area contributed by atoms with Crippen LogP contribution >= 0.6 is 0 Å². The van der Waals surface area contributed by atoms with E-state index < -0.39 is 0 Å². The fraction of sp³-hybridized carbons (Fsp3) is 0.294. The maximum atomic E-state index is 12.0. The van der Waals surface area contributed by atoms with Crippen LogP contribution in [0.15, 0.2) is 42.9 Å². The van der Waals surface area contributed by atoms with Crippen LogP contribution in [0.3, 0.4) is 0 Å². The standard InChI is InChI=1S/C17H18N2O2/c1-17(2)9-8-12-6-4-5-7-13(12)15(17)19-11-18-10-14(19)16(20)21-3/h4-11,15H,1-3H3. The van der Waals surface area contributed by atoms with Crippen molar-refractivity contribution in [1.82, 2.24) is 9.55 Å². The van der Waals surface area contributed by atoms with Gasteiger partial charge in [-0.15, -0.1) is 0 Å². The van der Waals surface area contributed by atoms with Gasteiger partial charge >= 0.3 is 5.97 Å². The lowest BCUT2D eigenvalue weighted by molar-refractivity contribution is 0.0584. The first kappa shape index (κ1) is 13.6. The number of fused-ring (bicyclic) bond motifs is 1. The molecule has 1 aromatic carbocycles. The number of allylic oxidation sites excluding steroid dienone is 1. The Hall–Kier alpha value is -2.36. The molecular formula is C17H18N2O2. The summed E-state index contributed by atoms with van der Waals surface area (Å²) in [5.74, 6) is -0.365. The molecule has 2 aromatic rings. The van der Waals surface area contributed by atoms with Gasteiger partial charge in [-0.25, -0.2) is 9.78 Å². The van der Waals surface area contributed by atoms with Crippen LogP contribution < -0.4 is 0 Å². The van der Waals surface area contributed by atoms with Crippen LogP contribution in [0, 0.1) is 5.41 Å². The zero-order chi connectivity index (χ0) is 15.0. The maximum Gasteiger partial charge on any atom is 0.356 e. The second-order valence-corrected chi connectivity index (χ2v) is 5.86. The fourth-order valence-corrected chi connectivity index (χ4v) is 2.99. The van der Waals surface area contributed by atoms with E-state index in [0.29, 0.717) is 5.69 Å². The van der Waals surface area contributed by atoms with Crippen LogP contribution in [0.4, 0.5) is 0 Å². The van der Waals surface area contributed by atoms with Crippen molar-refractivity contribution < 1.29 is 9.53 Å². The van der Waals surface area contributed by atoms with Crippen LogP contribution in [0.5, 0.6) is 0 Å². The highest BCUT2D eigenvalue weighted by Gasteiger charge is 2.35. The third-order valence-corrected chi connectivity index (χ3v) is 4.03. The minimum atomic E-state index is -0.365. The molecule has 4 heteroatoms. The molecule has 0 spiro atoms. The number of rotatable bonds is 2. The quantitative estimate of drug-likeness (QED) is 0.794. The maximum absolute atomic E-state index is 12.0. The molecule has 21 heavy (non-hydrogen) atoms. The molecule has 1 atom stereocenters. The number of methoxy groups -OCH3 is 1. The van der Waals surface area contributed by atoms with Crippen molar-refractivity contribution in [2.75, 3.05) is 7.11 Å². The first-order chi connectivity index (χ1) is 10.0. The van der Waals surface area contributed by atoms with Crippen LogP contribution in [0.25, 0.3) is 6.08 Å². The number of carbonyl (C=O) groups is 1. The lowest BCUT2D eigenvalue weighted by Gasteiger charge is -2.37. The number of benzene rings is 1. The molecule has 108 valence electrons. The summed E-state index contributed by atoms with van der Waals surface area (Å²) in [4.78, 5) is 16.1. The highest BCUT2D eigenvalue weighted by atomic mass is 16.5. The molecule has 0 fully saturated rings. The van der Waals surface area contributed by atoms with Gasteiger partial charge in [0.1, 0.15) is 5.69 Å². The largest absolute Gasteiger partial charge is 0.464 e. The number of carbonyl (C=O) groups excluding carboxylic acids is 1. The molecule has 1 aliphatic rings. The Morgan fingerprint density at radius 3 is 2.86 bits per heavy atom. The van der Waals surface area contributed by atoms with Gasteiger partial charge in [0.25, 0.3) is 0 Å². The van der Waals surface area contributed by atoms with Crippen LogP contribution in [-0.2, 0) is 4.74 Å². The van der Waals surface area contributed by atoms with Gasteiger partial charge < -0.3 is 9.30 Å². The van der Waals surface area contributed by atoms with E-state index in [1.54, 1.807) is 12.5 Å². The normalized spacial score (nSPS) is 19.1. The Kier molecular flexibility index (Phi) is 3.16. The molecule has 3 rings (SSSR count). The molecule has 1 aromatic heterocycles. The minimum absolute atomic E-state index is 0.00954.